The molecule has 0 saturated carbocycles. The quantitative estimate of drug-likeness (QED) is 0.0691. The maximum absolute atomic E-state index is 14.2. The third-order valence-electron chi connectivity index (χ3n) is 10.6. The number of halogens is 25. The van der Waals surface area contributed by atoms with Crippen LogP contribution >= 0.6 is 0 Å². The predicted octanol–water partition coefficient (Wildman–Crippen LogP) is 12.6. The molecule has 0 N–H and O–H groups in total. The zero-order chi connectivity index (χ0) is 55.3. The molecule has 6 aromatic rings. The van der Waals surface area contributed by atoms with Gasteiger partial charge < -0.3 is 0 Å². The van der Waals surface area contributed by atoms with Crippen LogP contribution in [0.3, 0.4) is 0 Å². The molecule has 3 nitrogen and oxygen atoms in total. The number of aromatic nitrogens is 2. The number of nitrogens with zero attached hydrogens (tertiary/aromatic N) is 2. The summed E-state index contributed by atoms with van der Waals surface area (Å²) in [4.78, 5) is 15.6. The van der Waals surface area contributed by atoms with E-state index in [1.54, 1.807) is 35.4 Å². The zero-order valence-corrected chi connectivity index (χ0v) is 35.1. The van der Waals surface area contributed by atoms with Gasteiger partial charge in [0.15, 0.2) is 12.4 Å². The molecule has 0 aliphatic rings. The second kappa shape index (κ2) is 19.5. The second-order valence-electron chi connectivity index (χ2n) is 15.6. The minimum absolute atomic E-state index is 0.129. The molecule has 6 rings (SSSR count). The van der Waals surface area contributed by atoms with Gasteiger partial charge in [-0.3, -0.25) is 9.78 Å². The Kier molecular flexibility index (Phi) is 15.3. The number of ketones is 1. The van der Waals surface area contributed by atoms with Gasteiger partial charge >= 0.3 is 49.4 Å². The maximum Gasteiger partial charge on any atom is 0.416 e. The lowest BCUT2D eigenvalue weighted by molar-refractivity contribution is -0.683. The summed E-state index contributed by atoms with van der Waals surface area (Å²) in [5.74, 6) is -0.527. The second-order valence-corrected chi connectivity index (χ2v) is 15.6. The summed E-state index contributed by atoms with van der Waals surface area (Å²) in [6.07, 6.45) is -48.2. The molecule has 0 spiro atoms. The highest BCUT2D eigenvalue weighted by Gasteiger charge is 2.47. The Morgan fingerprint density at radius 2 is 0.630 bits per heavy atom. The van der Waals surface area contributed by atoms with Crippen molar-refractivity contribution in [2.75, 3.05) is 0 Å². The van der Waals surface area contributed by atoms with Crippen LogP contribution in [0.1, 0.15) is 54.9 Å². The van der Waals surface area contributed by atoms with Gasteiger partial charge in [-0.05, 0) is 36.4 Å². The molecule has 0 atom stereocenters. The fraction of sp³-hybridized carbons (Fsp3) is 0.205. The van der Waals surface area contributed by atoms with Crippen LogP contribution in [0.2, 0.25) is 0 Å². The van der Waals surface area contributed by atoms with E-state index >= 15 is 0 Å². The van der Waals surface area contributed by atoms with Crippen molar-refractivity contribution in [2.24, 2.45) is 0 Å². The Balaban J connectivity index is 0.000000520. The first-order valence-corrected chi connectivity index (χ1v) is 19.5. The molecule has 73 heavy (non-hydrogen) atoms. The molecule has 0 aliphatic heterocycles. The highest BCUT2D eigenvalue weighted by atomic mass is 19.4. The van der Waals surface area contributed by atoms with E-state index in [1.807, 2.05) is 0 Å². The fourth-order valence-corrected chi connectivity index (χ4v) is 7.44. The van der Waals surface area contributed by atoms with E-state index in [1.165, 1.54) is 18.2 Å². The normalized spacial score (nSPS) is 13.4. The number of benzene rings is 5. The van der Waals surface area contributed by atoms with Gasteiger partial charge in [0.2, 0.25) is 12.3 Å². The van der Waals surface area contributed by atoms with Gasteiger partial charge in [0.1, 0.15) is 12.0 Å². The lowest BCUT2D eigenvalue weighted by Gasteiger charge is -2.46. The summed E-state index contributed by atoms with van der Waals surface area (Å²) in [5, 5.41) is 0. The van der Waals surface area contributed by atoms with Crippen molar-refractivity contribution in [1.29, 1.82) is 0 Å². The van der Waals surface area contributed by atoms with Crippen molar-refractivity contribution in [3.05, 3.63) is 178 Å². The van der Waals surface area contributed by atoms with E-state index in [0.717, 1.165) is 0 Å². The summed E-state index contributed by atoms with van der Waals surface area (Å²) >= 11 is 0. The van der Waals surface area contributed by atoms with E-state index in [0.29, 0.717) is 5.56 Å². The molecule has 1 heterocycles. The monoisotopic (exact) mass is 1080 g/mol. The number of carbonyl (C=O) groups excluding carboxylic acids is 1. The van der Waals surface area contributed by atoms with E-state index in [4.69, 9.17) is 0 Å². The Labute approximate surface area is 391 Å². The first-order valence-electron chi connectivity index (χ1n) is 19.5. The van der Waals surface area contributed by atoms with E-state index in [2.05, 4.69) is 4.98 Å². The van der Waals surface area contributed by atoms with Crippen LogP contribution in [0.15, 0.2) is 122 Å². The van der Waals surface area contributed by atoms with Gasteiger partial charge in [-0.2, -0.15) is 132 Å². The largest absolute Gasteiger partial charge is 0.416 e. The molecular weight excluding hydrogens is 1060 g/mol. The molecule has 0 bridgehead atoms. The predicted molar refractivity (Wildman–Crippen MR) is 205 cm³/mol. The van der Waals surface area contributed by atoms with E-state index in [9.17, 15) is 115 Å². The molecule has 0 saturated heterocycles. The number of hydrogen-bond acceptors (Lipinski definition) is 2. The Morgan fingerprint density at radius 3 is 0.849 bits per heavy atom. The fourth-order valence-electron chi connectivity index (χ4n) is 7.44. The van der Waals surface area contributed by atoms with Crippen LogP contribution in [0.5, 0.6) is 0 Å². The highest BCUT2D eigenvalue weighted by Crippen LogP contribution is 2.41. The van der Waals surface area contributed by atoms with Crippen molar-refractivity contribution in [3.8, 4) is 0 Å². The van der Waals surface area contributed by atoms with Crippen LogP contribution in [-0.4, -0.2) is 16.9 Å². The van der Waals surface area contributed by atoms with Gasteiger partial charge in [0.25, 0.3) is 0 Å². The molecule has 0 radical (unpaired) electrons. The van der Waals surface area contributed by atoms with Crippen molar-refractivity contribution in [2.45, 2.75) is 56.0 Å². The summed E-state index contributed by atoms with van der Waals surface area (Å²) in [7, 11) is 0. The first-order chi connectivity index (χ1) is 33.0. The Bertz CT molecular complexity index is 2530. The Hall–Kier alpha value is -6.84. The van der Waals surface area contributed by atoms with Crippen molar-refractivity contribution in [3.63, 3.8) is 0 Å². The molecule has 1 aromatic heterocycles. The number of carbonyl (C=O) groups is 1. The summed E-state index contributed by atoms with van der Waals surface area (Å²) < 4.78 is 355. The third-order valence-corrected chi connectivity index (χ3v) is 10.6. The summed E-state index contributed by atoms with van der Waals surface area (Å²) in [6, 6.07) is -3.12. The smallest absolute Gasteiger partial charge is 0.287 e. The average molecular weight is 1080 g/mol. The molecule has 0 aliphatic carbocycles. The van der Waals surface area contributed by atoms with Crippen LogP contribution < -0.4 is 26.4 Å². The van der Waals surface area contributed by atoms with Crippen LogP contribution in [0, 0.1) is 5.82 Å². The molecule has 392 valence electrons. The van der Waals surface area contributed by atoms with E-state index in [-0.39, 0.29) is 12.3 Å². The number of rotatable bonds is 7. The maximum atomic E-state index is 14.2. The first kappa shape index (κ1) is 57.1. The van der Waals surface area contributed by atoms with Crippen LogP contribution in [0.25, 0.3) is 0 Å². The van der Waals surface area contributed by atoms with Crippen LogP contribution in [-0.2, 0) is 56.0 Å². The zero-order valence-electron chi connectivity index (χ0n) is 35.1. The van der Waals surface area contributed by atoms with Gasteiger partial charge in [-0.25, -0.2) is 4.39 Å². The highest BCUT2D eigenvalue weighted by molar-refractivity contribution is 7.20. The summed E-state index contributed by atoms with van der Waals surface area (Å²) in [6.45, 7) is 0.186. The van der Waals surface area contributed by atoms with Crippen molar-refractivity contribution >= 4 is 33.8 Å². The molecule has 29 heteroatoms. The third kappa shape index (κ3) is 13.4. The molecule has 0 fully saturated rings. The number of hydrogen-bond donors (Lipinski definition) is 0. The van der Waals surface area contributed by atoms with E-state index < -0.39 is 201 Å². The van der Waals surface area contributed by atoms with Gasteiger partial charge in [-0.1, -0.05) is 60.7 Å². The lowest BCUT2D eigenvalue weighted by Crippen LogP contribution is -2.75. The molecule has 0 unspecified atom stereocenters. The van der Waals surface area contributed by atoms with Crippen LogP contribution in [0.4, 0.5) is 110 Å². The van der Waals surface area contributed by atoms with Gasteiger partial charge in [0.05, 0.1) is 56.9 Å². The van der Waals surface area contributed by atoms with Gasteiger partial charge in [0, 0.05) is 5.56 Å². The molecule has 0 amide bonds. The lowest BCUT2D eigenvalue weighted by atomic mass is 9.12. The number of alkyl halides is 24. The minimum atomic E-state index is -6.13. The molecule has 5 aromatic carbocycles. The topological polar surface area (TPSA) is 33.8 Å². The van der Waals surface area contributed by atoms with Gasteiger partial charge in [-0.15, -0.1) is 0 Å². The standard InChI is InChI=1S/C32H12BF24.C12H10FN2O/c34-25(35,36)13-1-14(26(37,38)39)6-21(5-13)33(22-7-15(27(40,41)42)2-16(8-22)28(43,44)45,23-9-17(29(46,47)48)3-18(10-23)30(49,50)51)24-11-19(31(52,53)54)4-20(12-24)32(55,56)57;13-11-3-1-2-10(8-11)12(16)9-15-6-4-14-5-7-15/h1-12H;1-8H,9H2/q-1;+1. The minimum Gasteiger partial charge on any atom is -0.287 e. The number of Topliss-reactive ketones (excluding diaryl/α,β-unsaturated/α-hetero) is 1. The van der Waals surface area contributed by atoms with Crippen molar-refractivity contribution < 1.29 is 119 Å². The SMILES string of the molecule is FC(F)(F)c1cc([B-](c2cc(C(F)(F)F)cc(C(F)(F)F)c2)(c2cc(C(F)(F)F)cc(C(F)(F)F)c2)c2cc(C(F)(F)F)cc(C(F)(F)F)c2)cc(C(F)(F)F)c1.O=C(C[n+]1ccncc1)c1cccc(F)c1. The molecular formula is C44H22BF25N2O. The average Bonchev–Trinajstić information content (AvgIpc) is 3.24. The summed E-state index contributed by atoms with van der Waals surface area (Å²) in [5.41, 5.74) is -29.8. The Morgan fingerprint density at radius 1 is 0.384 bits per heavy atom. The van der Waals surface area contributed by atoms with Crippen molar-refractivity contribution in [1.82, 2.24) is 4.98 Å².